The smallest absolute Gasteiger partial charge is 0.257 e. The second-order valence-corrected chi connectivity index (χ2v) is 9.41. The number of carbonyl (C=O) groups is 2. The van der Waals surface area contributed by atoms with Gasteiger partial charge < -0.3 is 10.2 Å². The molecule has 2 aromatic rings. The van der Waals surface area contributed by atoms with Gasteiger partial charge in [0.25, 0.3) is 5.91 Å². The Morgan fingerprint density at radius 2 is 1.94 bits per heavy atom. The van der Waals surface area contributed by atoms with Crippen LogP contribution in [-0.2, 0) is 11.3 Å². The van der Waals surface area contributed by atoms with Crippen molar-refractivity contribution in [1.29, 1.82) is 0 Å². The Morgan fingerprint density at radius 3 is 2.74 bits per heavy atom. The molecule has 0 aromatic carbocycles. The van der Waals surface area contributed by atoms with Crippen molar-refractivity contribution in [2.24, 2.45) is 17.8 Å². The second-order valence-electron chi connectivity index (χ2n) is 9.41. The molecule has 2 aromatic heterocycles. The predicted molar refractivity (Wildman–Crippen MR) is 116 cm³/mol. The number of carbonyl (C=O) groups excluding carboxylic acids is 2. The van der Waals surface area contributed by atoms with E-state index >= 15 is 0 Å². The number of hydrogen-bond acceptors (Lipinski definition) is 4. The minimum atomic E-state index is 0.00426. The molecule has 7 heteroatoms. The van der Waals surface area contributed by atoms with Crippen LogP contribution in [0.3, 0.4) is 0 Å². The van der Waals surface area contributed by atoms with Gasteiger partial charge in [0.05, 0.1) is 17.5 Å². The molecular formula is C24H31N5O2. The van der Waals surface area contributed by atoms with Crippen molar-refractivity contribution >= 4 is 11.8 Å². The quantitative estimate of drug-likeness (QED) is 0.775. The predicted octanol–water partition coefficient (Wildman–Crippen LogP) is 3.27. The molecular weight excluding hydrogens is 390 g/mol. The van der Waals surface area contributed by atoms with Gasteiger partial charge in [-0.3, -0.25) is 19.7 Å². The fraction of sp³-hybridized carbons (Fsp3) is 0.583. The van der Waals surface area contributed by atoms with E-state index in [2.05, 4.69) is 20.5 Å². The third-order valence-electron chi connectivity index (χ3n) is 7.63. The number of nitrogens with zero attached hydrogens (tertiary/aromatic N) is 3. The normalized spacial score (nSPS) is 26.1. The largest absolute Gasteiger partial charge is 0.352 e. The first-order valence-electron chi connectivity index (χ1n) is 11.7. The van der Waals surface area contributed by atoms with Gasteiger partial charge in [0.2, 0.25) is 5.91 Å². The Bertz CT molecular complexity index is 921. The number of pyridine rings is 1. The van der Waals surface area contributed by atoms with Crippen molar-refractivity contribution in [1.82, 2.24) is 25.4 Å². The van der Waals surface area contributed by atoms with E-state index in [0.29, 0.717) is 24.9 Å². The van der Waals surface area contributed by atoms with E-state index in [1.54, 1.807) is 18.6 Å². The summed E-state index contributed by atoms with van der Waals surface area (Å²) in [4.78, 5) is 32.1. The van der Waals surface area contributed by atoms with Gasteiger partial charge in [-0.15, -0.1) is 0 Å². The summed E-state index contributed by atoms with van der Waals surface area (Å²) in [5.74, 6) is 1.44. The van der Waals surface area contributed by atoms with E-state index in [0.717, 1.165) is 49.0 Å². The van der Waals surface area contributed by atoms with Gasteiger partial charge >= 0.3 is 0 Å². The third kappa shape index (κ3) is 4.10. The van der Waals surface area contributed by atoms with E-state index in [1.807, 2.05) is 17.0 Å². The number of rotatable bonds is 5. The van der Waals surface area contributed by atoms with Crippen LogP contribution in [0.25, 0.3) is 0 Å². The lowest BCUT2D eigenvalue weighted by Crippen LogP contribution is -2.56. The van der Waals surface area contributed by atoms with Crippen molar-refractivity contribution in [2.45, 2.75) is 57.4 Å². The summed E-state index contributed by atoms with van der Waals surface area (Å²) in [6.45, 7) is 1.98. The number of piperidine rings is 1. The molecule has 3 aliphatic rings. The van der Waals surface area contributed by atoms with Crippen LogP contribution in [0.4, 0.5) is 0 Å². The second kappa shape index (κ2) is 8.81. The average Bonchev–Trinajstić information content (AvgIpc) is 3.29. The number of nitrogens with one attached hydrogen (secondary N) is 2. The first kappa shape index (κ1) is 20.2. The molecule has 0 spiro atoms. The molecule has 2 amide bonds. The van der Waals surface area contributed by atoms with Gasteiger partial charge in [0.15, 0.2) is 0 Å². The molecule has 1 saturated heterocycles. The van der Waals surface area contributed by atoms with Gasteiger partial charge in [-0.25, -0.2) is 0 Å². The summed E-state index contributed by atoms with van der Waals surface area (Å²) in [6.07, 6.45) is 13.1. The highest BCUT2D eigenvalue weighted by Gasteiger charge is 2.48. The number of fused-ring (bicyclic) bond motifs is 1. The highest BCUT2D eigenvalue weighted by atomic mass is 16.2. The molecule has 31 heavy (non-hydrogen) atoms. The van der Waals surface area contributed by atoms with Gasteiger partial charge in [0.1, 0.15) is 0 Å². The molecule has 2 aliphatic carbocycles. The molecule has 2 saturated carbocycles. The molecule has 7 nitrogen and oxygen atoms in total. The van der Waals surface area contributed by atoms with Crippen molar-refractivity contribution in [3.63, 3.8) is 0 Å². The number of likely N-dealkylation sites (tertiary alicyclic amines) is 1. The van der Waals surface area contributed by atoms with Crippen molar-refractivity contribution in [2.75, 3.05) is 13.1 Å². The van der Waals surface area contributed by atoms with Gasteiger partial charge in [-0.05, 0) is 55.2 Å². The molecule has 2 N–H and O–H groups in total. The van der Waals surface area contributed by atoms with E-state index in [9.17, 15) is 9.59 Å². The highest BCUT2D eigenvalue weighted by Crippen LogP contribution is 2.46. The molecule has 0 bridgehead atoms. The number of amides is 2. The highest BCUT2D eigenvalue weighted by molar-refractivity contribution is 5.95. The Morgan fingerprint density at radius 1 is 1.13 bits per heavy atom. The lowest BCUT2D eigenvalue weighted by molar-refractivity contribution is -0.136. The lowest BCUT2D eigenvalue weighted by Gasteiger charge is -2.50. The first-order valence-corrected chi connectivity index (χ1v) is 11.7. The van der Waals surface area contributed by atoms with Crippen LogP contribution in [0.2, 0.25) is 0 Å². The summed E-state index contributed by atoms with van der Waals surface area (Å²) in [6, 6.07) is 3.83. The summed E-state index contributed by atoms with van der Waals surface area (Å²) in [5, 5.41) is 10.4. The molecule has 5 rings (SSSR count). The number of hydrogen-bond donors (Lipinski definition) is 2. The number of aromatic nitrogens is 3. The first-order chi connectivity index (χ1) is 15.2. The minimum absolute atomic E-state index is 0.00426. The van der Waals surface area contributed by atoms with E-state index < -0.39 is 0 Å². The summed E-state index contributed by atoms with van der Waals surface area (Å²) >= 11 is 0. The van der Waals surface area contributed by atoms with Crippen LogP contribution in [0.15, 0.2) is 30.7 Å². The summed E-state index contributed by atoms with van der Waals surface area (Å²) in [5.41, 5.74) is 2.81. The fourth-order valence-corrected chi connectivity index (χ4v) is 5.73. The molecule has 3 atom stereocenters. The third-order valence-corrected chi connectivity index (χ3v) is 7.63. The fourth-order valence-electron chi connectivity index (χ4n) is 5.73. The van der Waals surface area contributed by atoms with Gasteiger partial charge in [-0.1, -0.05) is 19.3 Å². The molecule has 0 unspecified atom stereocenters. The Balaban J connectivity index is 1.21. The van der Waals surface area contributed by atoms with E-state index in [4.69, 9.17) is 0 Å². The van der Waals surface area contributed by atoms with Crippen molar-refractivity contribution in [3.8, 4) is 0 Å². The SMILES string of the molecule is O=C(NCc1ccncc1)[C@@H]1C[C@H]2CCN(C(=O)c3cn[nH]c3C3CCCCC3)C[C@H]21. The average molecular weight is 422 g/mol. The minimum Gasteiger partial charge on any atom is -0.352 e. The maximum Gasteiger partial charge on any atom is 0.257 e. The summed E-state index contributed by atoms with van der Waals surface area (Å²) in [7, 11) is 0. The van der Waals surface area contributed by atoms with Crippen LogP contribution in [0, 0.1) is 17.8 Å². The van der Waals surface area contributed by atoms with Gasteiger partial charge in [0, 0.05) is 43.9 Å². The van der Waals surface area contributed by atoms with Crippen LogP contribution in [0.1, 0.15) is 72.5 Å². The zero-order valence-corrected chi connectivity index (χ0v) is 17.9. The van der Waals surface area contributed by atoms with Gasteiger partial charge in [-0.2, -0.15) is 5.10 Å². The van der Waals surface area contributed by atoms with Crippen LogP contribution in [-0.4, -0.2) is 45.0 Å². The topological polar surface area (TPSA) is 91.0 Å². The molecule has 3 heterocycles. The Kier molecular flexibility index (Phi) is 5.74. The molecule has 164 valence electrons. The molecule has 1 aliphatic heterocycles. The molecule has 3 fully saturated rings. The maximum absolute atomic E-state index is 13.3. The Labute approximate surface area is 183 Å². The zero-order valence-electron chi connectivity index (χ0n) is 17.9. The van der Waals surface area contributed by atoms with Crippen LogP contribution < -0.4 is 5.32 Å². The number of H-pyrrole nitrogens is 1. The number of aromatic amines is 1. The van der Waals surface area contributed by atoms with E-state index in [-0.39, 0.29) is 23.7 Å². The molecule has 0 radical (unpaired) electrons. The van der Waals surface area contributed by atoms with Crippen molar-refractivity contribution < 1.29 is 9.59 Å². The maximum atomic E-state index is 13.3. The Hall–Kier alpha value is -2.70. The zero-order chi connectivity index (χ0) is 21.2. The standard InChI is InChI=1S/C24H31N5O2/c30-23(26-13-16-6-9-25-10-7-16)19-12-18-8-11-29(15-21(18)19)24(31)20-14-27-28-22(20)17-4-2-1-3-5-17/h6-7,9-10,14,17-19,21H,1-5,8,11-13,15H2,(H,26,30)(H,27,28)/t18-,19-,21-/m1/s1. The monoisotopic (exact) mass is 421 g/mol. The van der Waals surface area contributed by atoms with Crippen molar-refractivity contribution in [3.05, 3.63) is 47.5 Å². The van der Waals surface area contributed by atoms with Crippen LogP contribution >= 0.6 is 0 Å². The lowest BCUT2D eigenvalue weighted by atomic mass is 9.61. The van der Waals surface area contributed by atoms with Crippen LogP contribution in [0.5, 0.6) is 0 Å². The van der Waals surface area contributed by atoms with E-state index in [1.165, 1.54) is 19.3 Å². The summed E-state index contributed by atoms with van der Waals surface area (Å²) < 4.78 is 0.